The summed E-state index contributed by atoms with van der Waals surface area (Å²) in [6, 6.07) is 5.35. The maximum Gasteiger partial charge on any atom is 0.416 e. The zero-order valence-corrected chi connectivity index (χ0v) is 14.9. The Morgan fingerprint density at radius 3 is 2.31 bits per heavy atom. The molecule has 0 fully saturated rings. The Morgan fingerprint density at radius 2 is 1.83 bits per heavy atom. The Kier molecular flexibility index (Phi) is 6.42. The zero-order valence-electron chi connectivity index (χ0n) is 14.9. The minimum atomic E-state index is -4.57. The third-order valence-corrected chi connectivity index (χ3v) is 3.98. The molecule has 2 N–H and O–H groups in total. The van der Waals surface area contributed by atoms with Gasteiger partial charge in [-0.05, 0) is 30.3 Å². The largest absolute Gasteiger partial charge is 0.496 e. The number of rotatable bonds is 7. The minimum Gasteiger partial charge on any atom is -0.496 e. The maximum absolute atomic E-state index is 12.6. The summed E-state index contributed by atoms with van der Waals surface area (Å²) in [5, 5.41) is 22.5. The number of methoxy groups -OCH3 is 1. The fourth-order valence-corrected chi connectivity index (χ4v) is 2.51. The molecule has 0 aliphatic rings. The molecule has 2 aromatic carbocycles. The number of ether oxygens (including phenoxy) is 1. The summed E-state index contributed by atoms with van der Waals surface area (Å²) in [5.74, 6) is -2.15. The van der Waals surface area contributed by atoms with Crippen molar-refractivity contribution < 1.29 is 37.5 Å². The van der Waals surface area contributed by atoms with E-state index < -0.39 is 34.6 Å². The van der Waals surface area contributed by atoms with Crippen molar-refractivity contribution in [3.05, 3.63) is 69.3 Å². The standard InChI is InChI=1S/C18H15F3N2O6/c1-29-15-7-6-13(23(27)28)8-11(15)9-14(17(25)26)22-16(24)10-2-4-12(5-3-10)18(19,20)21/h2-8,14H,9H2,1H3,(H,22,24)(H,25,26)/t14-/m1/s1. The number of benzene rings is 2. The summed E-state index contributed by atoms with van der Waals surface area (Å²) in [5.41, 5.74) is -1.25. The molecule has 0 aliphatic carbocycles. The van der Waals surface area contributed by atoms with Crippen molar-refractivity contribution >= 4 is 17.6 Å². The van der Waals surface area contributed by atoms with Crippen molar-refractivity contribution in [3.63, 3.8) is 0 Å². The van der Waals surface area contributed by atoms with E-state index in [1.807, 2.05) is 0 Å². The summed E-state index contributed by atoms with van der Waals surface area (Å²) in [6.07, 6.45) is -4.91. The molecule has 2 rings (SSSR count). The molecule has 0 saturated heterocycles. The van der Waals surface area contributed by atoms with Crippen molar-refractivity contribution in [1.29, 1.82) is 0 Å². The Labute approximate surface area is 162 Å². The van der Waals surface area contributed by atoms with Crippen molar-refractivity contribution in [2.75, 3.05) is 7.11 Å². The minimum absolute atomic E-state index is 0.168. The van der Waals surface area contributed by atoms with Gasteiger partial charge < -0.3 is 15.2 Å². The van der Waals surface area contributed by atoms with Crippen molar-refractivity contribution in [1.82, 2.24) is 5.32 Å². The Bertz CT molecular complexity index is 928. The number of alkyl halides is 3. The number of halogens is 3. The number of carbonyl (C=O) groups excluding carboxylic acids is 1. The molecule has 0 aromatic heterocycles. The van der Waals surface area contributed by atoms with Crippen LogP contribution in [-0.4, -0.2) is 35.1 Å². The van der Waals surface area contributed by atoms with Gasteiger partial charge in [0.05, 0.1) is 17.6 Å². The highest BCUT2D eigenvalue weighted by molar-refractivity contribution is 5.96. The molecule has 0 radical (unpaired) electrons. The molecule has 1 atom stereocenters. The van der Waals surface area contributed by atoms with Crippen molar-refractivity contribution in [2.24, 2.45) is 0 Å². The smallest absolute Gasteiger partial charge is 0.416 e. The van der Waals surface area contributed by atoms with Crippen molar-refractivity contribution in [2.45, 2.75) is 18.6 Å². The van der Waals surface area contributed by atoms with Crippen LogP contribution in [0.2, 0.25) is 0 Å². The SMILES string of the molecule is COc1ccc([N+](=O)[O-])cc1C[C@@H](NC(=O)c1ccc(C(F)(F)F)cc1)C(=O)O. The number of carbonyl (C=O) groups is 2. The van der Waals surface area contributed by atoms with Crippen LogP contribution in [0, 0.1) is 10.1 Å². The molecule has 2 aromatic rings. The van der Waals surface area contributed by atoms with Gasteiger partial charge in [0.15, 0.2) is 0 Å². The summed E-state index contributed by atoms with van der Waals surface area (Å²) in [6.45, 7) is 0. The van der Waals surface area contributed by atoms with Crippen LogP contribution in [0.4, 0.5) is 18.9 Å². The van der Waals surface area contributed by atoms with Gasteiger partial charge in [0.1, 0.15) is 11.8 Å². The highest BCUT2D eigenvalue weighted by atomic mass is 19.4. The first-order valence-electron chi connectivity index (χ1n) is 8.05. The third kappa shape index (κ3) is 5.43. The molecule has 0 saturated carbocycles. The van der Waals surface area contributed by atoms with E-state index in [1.165, 1.54) is 19.2 Å². The maximum atomic E-state index is 12.6. The lowest BCUT2D eigenvalue weighted by Gasteiger charge is -2.16. The molecule has 29 heavy (non-hydrogen) atoms. The molecule has 0 spiro atoms. The number of aliphatic carboxylic acids is 1. The quantitative estimate of drug-likeness (QED) is 0.533. The number of hydrogen-bond acceptors (Lipinski definition) is 5. The first-order valence-corrected chi connectivity index (χ1v) is 8.05. The molecule has 11 heteroatoms. The number of non-ortho nitro benzene ring substituents is 1. The van der Waals surface area contributed by atoms with Crippen LogP contribution in [0.15, 0.2) is 42.5 Å². The van der Waals surface area contributed by atoms with Gasteiger partial charge in [-0.25, -0.2) is 4.79 Å². The lowest BCUT2D eigenvalue weighted by atomic mass is 10.0. The first kappa shape index (κ1) is 21.7. The number of nitrogens with one attached hydrogen (secondary N) is 1. The van der Waals surface area contributed by atoms with E-state index in [0.29, 0.717) is 12.1 Å². The molecule has 0 aliphatic heterocycles. The second-order valence-electron chi connectivity index (χ2n) is 5.90. The fraction of sp³-hybridized carbons (Fsp3) is 0.222. The van der Waals surface area contributed by atoms with E-state index in [9.17, 15) is 38.0 Å². The molecular formula is C18H15F3N2O6. The lowest BCUT2D eigenvalue weighted by molar-refractivity contribution is -0.384. The van der Waals surface area contributed by atoms with Gasteiger partial charge in [-0.15, -0.1) is 0 Å². The second-order valence-corrected chi connectivity index (χ2v) is 5.90. The topological polar surface area (TPSA) is 119 Å². The number of carboxylic acid groups (broad SMARTS) is 1. The van der Waals surface area contributed by atoms with E-state index in [2.05, 4.69) is 5.32 Å². The number of nitro groups is 1. The van der Waals surface area contributed by atoms with E-state index in [0.717, 1.165) is 18.2 Å². The number of amides is 1. The van der Waals surface area contributed by atoms with Crippen LogP contribution in [0.5, 0.6) is 5.75 Å². The summed E-state index contributed by atoms with van der Waals surface area (Å²) in [7, 11) is 1.29. The van der Waals surface area contributed by atoms with Crippen LogP contribution >= 0.6 is 0 Å². The van der Waals surface area contributed by atoms with E-state index in [4.69, 9.17) is 4.74 Å². The van der Waals surface area contributed by atoms with Crippen LogP contribution < -0.4 is 10.1 Å². The van der Waals surface area contributed by atoms with E-state index in [1.54, 1.807) is 0 Å². The van der Waals surface area contributed by atoms with Gasteiger partial charge in [-0.3, -0.25) is 14.9 Å². The Hall–Kier alpha value is -3.63. The molecule has 0 unspecified atom stereocenters. The molecule has 154 valence electrons. The van der Waals surface area contributed by atoms with Gasteiger partial charge in [0, 0.05) is 29.7 Å². The molecule has 0 heterocycles. The summed E-state index contributed by atoms with van der Waals surface area (Å²) >= 11 is 0. The highest BCUT2D eigenvalue weighted by Gasteiger charge is 2.30. The Balaban J connectivity index is 2.23. The first-order chi connectivity index (χ1) is 13.5. The normalized spacial score (nSPS) is 12.1. The number of hydrogen-bond donors (Lipinski definition) is 2. The third-order valence-electron chi connectivity index (χ3n) is 3.98. The summed E-state index contributed by atoms with van der Waals surface area (Å²) < 4.78 is 42.9. The van der Waals surface area contributed by atoms with Crippen LogP contribution in [0.3, 0.4) is 0 Å². The molecule has 8 nitrogen and oxygen atoms in total. The van der Waals surface area contributed by atoms with Gasteiger partial charge in [0.2, 0.25) is 0 Å². The lowest BCUT2D eigenvalue weighted by Crippen LogP contribution is -2.42. The zero-order chi connectivity index (χ0) is 21.8. The van der Waals surface area contributed by atoms with Gasteiger partial charge in [-0.1, -0.05) is 0 Å². The molecule has 0 bridgehead atoms. The predicted molar refractivity (Wildman–Crippen MR) is 93.7 cm³/mol. The van der Waals surface area contributed by atoms with E-state index >= 15 is 0 Å². The molecule has 1 amide bonds. The second kappa shape index (κ2) is 8.59. The average molecular weight is 412 g/mol. The van der Waals surface area contributed by atoms with Gasteiger partial charge >= 0.3 is 12.1 Å². The van der Waals surface area contributed by atoms with Gasteiger partial charge in [0.25, 0.3) is 11.6 Å². The monoisotopic (exact) mass is 412 g/mol. The fourth-order valence-electron chi connectivity index (χ4n) is 2.51. The molecular weight excluding hydrogens is 397 g/mol. The van der Waals surface area contributed by atoms with Crippen LogP contribution in [0.1, 0.15) is 21.5 Å². The van der Waals surface area contributed by atoms with E-state index in [-0.39, 0.29) is 29.0 Å². The number of nitrogens with zero attached hydrogens (tertiary/aromatic N) is 1. The van der Waals surface area contributed by atoms with Crippen molar-refractivity contribution in [3.8, 4) is 5.75 Å². The number of nitro benzene ring substituents is 1. The highest BCUT2D eigenvalue weighted by Crippen LogP contribution is 2.29. The predicted octanol–water partition coefficient (Wildman–Crippen LogP) is 3.05. The van der Waals surface area contributed by atoms with Gasteiger partial charge in [-0.2, -0.15) is 13.2 Å². The summed E-state index contributed by atoms with van der Waals surface area (Å²) in [4.78, 5) is 34.0. The average Bonchev–Trinajstić information content (AvgIpc) is 2.66. The Morgan fingerprint density at radius 1 is 1.21 bits per heavy atom. The van der Waals surface area contributed by atoms with Crippen LogP contribution in [-0.2, 0) is 17.4 Å². The van der Waals surface area contributed by atoms with Crippen LogP contribution in [0.25, 0.3) is 0 Å². The number of carboxylic acids is 1.